The molecule has 1 amide bonds. The molecule has 1 aromatic carbocycles. The highest BCUT2D eigenvalue weighted by Gasteiger charge is 2.15. The zero-order valence-electron chi connectivity index (χ0n) is 11.7. The van der Waals surface area contributed by atoms with Gasteiger partial charge in [0.1, 0.15) is 11.5 Å². The molecule has 0 aromatic heterocycles. The van der Waals surface area contributed by atoms with Crippen molar-refractivity contribution in [1.82, 2.24) is 5.32 Å². The van der Waals surface area contributed by atoms with Gasteiger partial charge < -0.3 is 19.9 Å². The Morgan fingerprint density at radius 3 is 3.00 bits per heavy atom. The van der Waals surface area contributed by atoms with Crippen molar-refractivity contribution >= 4 is 5.91 Å². The number of rotatable bonds is 5. The van der Waals surface area contributed by atoms with Gasteiger partial charge >= 0.3 is 0 Å². The molecule has 1 aromatic rings. The van der Waals surface area contributed by atoms with E-state index in [2.05, 4.69) is 5.32 Å². The van der Waals surface area contributed by atoms with Crippen molar-refractivity contribution in [2.45, 2.75) is 31.8 Å². The summed E-state index contributed by atoms with van der Waals surface area (Å²) in [5.41, 5.74) is 0.260. The van der Waals surface area contributed by atoms with Crippen molar-refractivity contribution in [1.29, 1.82) is 0 Å². The molecule has 0 radical (unpaired) electrons. The van der Waals surface area contributed by atoms with Crippen LogP contribution >= 0.6 is 0 Å². The van der Waals surface area contributed by atoms with Crippen LogP contribution in [0.15, 0.2) is 18.2 Å². The Balaban J connectivity index is 1.82. The SMILES string of the molecule is COc1ccc(C(=O)NCCC2CCCCO2)c(O)c1. The Labute approximate surface area is 118 Å². The van der Waals surface area contributed by atoms with Gasteiger partial charge in [0.2, 0.25) is 0 Å². The highest BCUT2D eigenvalue weighted by Crippen LogP contribution is 2.23. The van der Waals surface area contributed by atoms with Gasteiger partial charge in [-0.25, -0.2) is 0 Å². The zero-order valence-corrected chi connectivity index (χ0v) is 11.7. The first kappa shape index (κ1) is 14.7. The van der Waals surface area contributed by atoms with Crippen LogP contribution in [-0.4, -0.2) is 37.4 Å². The zero-order chi connectivity index (χ0) is 14.4. The van der Waals surface area contributed by atoms with Crippen LogP contribution in [0.5, 0.6) is 11.5 Å². The number of amides is 1. The number of carbonyl (C=O) groups is 1. The molecule has 0 aliphatic carbocycles. The average Bonchev–Trinajstić information content (AvgIpc) is 2.48. The van der Waals surface area contributed by atoms with Crippen LogP contribution in [0.1, 0.15) is 36.0 Å². The summed E-state index contributed by atoms with van der Waals surface area (Å²) in [5, 5.41) is 12.6. The van der Waals surface area contributed by atoms with Crippen molar-refractivity contribution in [3.8, 4) is 11.5 Å². The number of hydrogen-bond acceptors (Lipinski definition) is 4. The molecule has 0 bridgehead atoms. The number of nitrogens with one attached hydrogen (secondary N) is 1. The molecule has 1 aliphatic heterocycles. The van der Waals surface area contributed by atoms with Gasteiger partial charge in [0, 0.05) is 19.2 Å². The lowest BCUT2D eigenvalue weighted by Crippen LogP contribution is -2.29. The van der Waals surface area contributed by atoms with Crippen LogP contribution < -0.4 is 10.1 Å². The molecule has 110 valence electrons. The molecule has 1 unspecified atom stereocenters. The van der Waals surface area contributed by atoms with Gasteiger partial charge in [0.15, 0.2) is 0 Å². The molecule has 1 aliphatic rings. The smallest absolute Gasteiger partial charge is 0.255 e. The van der Waals surface area contributed by atoms with Crippen LogP contribution in [0, 0.1) is 0 Å². The fraction of sp³-hybridized carbons (Fsp3) is 0.533. The predicted octanol–water partition coefficient (Wildman–Crippen LogP) is 2.09. The third kappa shape index (κ3) is 3.87. The van der Waals surface area contributed by atoms with Crippen LogP contribution in [0.3, 0.4) is 0 Å². The first-order valence-corrected chi connectivity index (χ1v) is 6.97. The van der Waals surface area contributed by atoms with E-state index in [-0.39, 0.29) is 23.3 Å². The second kappa shape index (κ2) is 7.14. The number of ether oxygens (including phenoxy) is 2. The second-order valence-electron chi connectivity index (χ2n) is 4.92. The standard InChI is InChI=1S/C15H21NO4/c1-19-12-5-6-13(14(17)10-12)15(18)16-8-7-11-4-2-3-9-20-11/h5-6,10-11,17H,2-4,7-9H2,1H3,(H,16,18). The van der Waals surface area contributed by atoms with Gasteiger partial charge in [-0.15, -0.1) is 0 Å². The summed E-state index contributed by atoms with van der Waals surface area (Å²) >= 11 is 0. The molecule has 1 fully saturated rings. The fourth-order valence-electron chi connectivity index (χ4n) is 2.31. The third-order valence-electron chi connectivity index (χ3n) is 3.48. The number of phenolic OH excluding ortho intramolecular Hbond substituents is 1. The minimum Gasteiger partial charge on any atom is -0.507 e. The van der Waals surface area contributed by atoms with Gasteiger partial charge in [-0.3, -0.25) is 4.79 Å². The Morgan fingerprint density at radius 2 is 2.35 bits per heavy atom. The highest BCUT2D eigenvalue weighted by molar-refractivity contribution is 5.96. The molecular weight excluding hydrogens is 258 g/mol. The van der Waals surface area contributed by atoms with Crippen molar-refractivity contribution in [2.75, 3.05) is 20.3 Å². The minimum atomic E-state index is -0.277. The van der Waals surface area contributed by atoms with E-state index >= 15 is 0 Å². The van der Waals surface area contributed by atoms with Gasteiger partial charge in [0.25, 0.3) is 5.91 Å². The van der Waals surface area contributed by atoms with Crippen molar-refractivity contribution in [3.05, 3.63) is 23.8 Å². The normalized spacial score (nSPS) is 18.6. The van der Waals surface area contributed by atoms with Gasteiger partial charge in [0.05, 0.1) is 18.8 Å². The molecule has 5 heteroatoms. The van der Waals surface area contributed by atoms with Crippen LogP contribution in [0.2, 0.25) is 0 Å². The molecule has 0 saturated carbocycles. The van der Waals surface area contributed by atoms with Gasteiger partial charge in [-0.2, -0.15) is 0 Å². The summed E-state index contributed by atoms with van der Waals surface area (Å²) in [6.07, 6.45) is 4.43. The van der Waals surface area contributed by atoms with E-state index in [0.717, 1.165) is 25.9 Å². The summed E-state index contributed by atoms with van der Waals surface area (Å²) < 4.78 is 10.6. The Kier molecular flexibility index (Phi) is 5.24. The van der Waals surface area contributed by atoms with Crippen LogP contribution in [0.25, 0.3) is 0 Å². The largest absolute Gasteiger partial charge is 0.507 e. The highest BCUT2D eigenvalue weighted by atomic mass is 16.5. The maximum Gasteiger partial charge on any atom is 0.255 e. The van der Waals surface area contributed by atoms with E-state index < -0.39 is 0 Å². The Morgan fingerprint density at radius 1 is 1.50 bits per heavy atom. The molecule has 20 heavy (non-hydrogen) atoms. The monoisotopic (exact) mass is 279 g/mol. The lowest BCUT2D eigenvalue weighted by atomic mass is 10.1. The molecule has 5 nitrogen and oxygen atoms in total. The van der Waals surface area contributed by atoms with Crippen LogP contribution in [0.4, 0.5) is 0 Å². The second-order valence-corrected chi connectivity index (χ2v) is 4.92. The quantitative estimate of drug-likeness (QED) is 0.866. The third-order valence-corrected chi connectivity index (χ3v) is 3.48. The lowest BCUT2D eigenvalue weighted by molar-refractivity contribution is 0.0117. The summed E-state index contributed by atoms with van der Waals surface area (Å²) in [7, 11) is 1.51. The Bertz CT molecular complexity index is 455. The topological polar surface area (TPSA) is 67.8 Å². The van der Waals surface area contributed by atoms with Crippen molar-refractivity contribution in [3.63, 3.8) is 0 Å². The average molecular weight is 279 g/mol. The van der Waals surface area contributed by atoms with E-state index in [1.54, 1.807) is 12.1 Å². The molecule has 0 spiro atoms. The number of methoxy groups -OCH3 is 1. The first-order chi connectivity index (χ1) is 9.70. The number of phenols is 1. The molecule has 2 rings (SSSR count). The van der Waals surface area contributed by atoms with Crippen LogP contribution in [-0.2, 0) is 4.74 Å². The summed E-state index contributed by atoms with van der Waals surface area (Å²) in [6.45, 7) is 1.37. The van der Waals surface area contributed by atoms with Crippen molar-refractivity contribution < 1.29 is 19.4 Å². The molecule has 1 heterocycles. The number of hydrogen-bond donors (Lipinski definition) is 2. The summed E-state index contributed by atoms with van der Waals surface area (Å²) in [6, 6.07) is 4.64. The molecular formula is C15H21NO4. The summed E-state index contributed by atoms with van der Waals surface area (Å²) in [4.78, 5) is 12.0. The maximum absolute atomic E-state index is 12.0. The van der Waals surface area contributed by atoms with E-state index in [0.29, 0.717) is 12.3 Å². The minimum absolute atomic E-state index is 0.0734. The van der Waals surface area contributed by atoms with Gasteiger partial charge in [-0.1, -0.05) is 0 Å². The molecule has 1 atom stereocenters. The summed E-state index contributed by atoms with van der Waals surface area (Å²) in [5.74, 6) is 0.173. The predicted molar refractivity (Wildman–Crippen MR) is 75.2 cm³/mol. The molecule has 1 saturated heterocycles. The van der Waals surface area contributed by atoms with E-state index in [1.807, 2.05) is 0 Å². The number of aromatic hydroxyl groups is 1. The van der Waals surface area contributed by atoms with Gasteiger partial charge in [-0.05, 0) is 37.8 Å². The number of benzene rings is 1. The lowest BCUT2D eigenvalue weighted by Gasteiger charge is -2.22. The first-order valence-electron chi connectivity index (χ1n) is 6.97. The van der Waals surface area contributed by atoms with E-state index in [9.17, 15) is 9.90 Å². The fourth-order valence-corrected chi connectivity index (χ4v) is 2.31. The molecule has 2 N–H and O–H groups in total. The Hall–Kier alpha value is -1.75. The van der Waals surface area contributed by atoms with E-state index in [4.69, 9.17) is 9.47 Å². The maximum atomic E-state index is 12.0. The van der Waals surface area contributed by atoms with Crippen molar-refractivity contribution in [2.24, 2.45) is 0 Å². The van der Waals surface area contributed by atoms with E-state index in [1.165, 1.54) is 19.6 Å². The number of carbonyl (C=O) groups excluding carboxylic acids is 1.